The Morgan fingerprint density at radius 1 is 1.00 bits per heavy atom. The first-order valence-electron chi connectivity index (χ1n) is 7.57. The van der Waals surface area contributed by atoms with E-state index >= 15 is 0 Å². The number of hydrogen-bond donors (Lipinski definition) is 2. The lowest BCUT2D eigenvalue weighted by Crippen LogP contribution is -1.93. The standard InChI is InChI=1S/C19H15N3OS/c1-12-5-7-13(8-6-12)17-10-16-18(24-17)19(21-11-20-16)22-14-3-2-4-15(23)9-14/h2-11,23H,1H3,(H,20,21,22). The van der Waals surface area contributed by atoms with Gasteiger partial charge in [-0.05, 0) is 30.7 Å². The number of phenols is 1. The van der Waals surface area contributed by atoms with E-state index in [0.717, 1.165) is 26.6 Å². The van der Waals surface area contributed by atoms with Crippen LogP contribution in [0.4, 0.5) is 11.5 Å². The number of rotatable bonds is 3. The Morgan fingerprint density at radius 2 is 1.83 bits per heavy atom. The maximum atomic E-state index is 9.61. The van der Waals surface area contributed by atoms with Gasteiger partial charge in [0.15, 0.2) is 5.82 Å². The minimum absolute atomic E-state index is 0.219. The van der Waals surface area contributed by atoms with E-state index in [1.807, 2.05) is 6.07 Å². The maximum Gasteiger partial charge on any atom is 0.151 e. The van der Waals surface area contributed by atoms with Crippen molar-refractivity contribution in [1.29, 1.82) is 0 Å². The Labute approximate surface area is 143 Å². The topological polar surface area (TPSA) is 58.0 Å². The smallest absolute Gasteiger partial charge is 0.151 e. The second-order valence-corrected chi connectivity index (χ2v) is 6.64. The fourth-order valence-corrected chi connectivity index (χ4v) is 3.58. The number of phenolic OH excluding ortho intramolecular Hbond substituents is 1. The first kappa shape index (κ1) is 14.7. The van der Waals surface area contributed by atoms with Gasteiger partial charge in [-0.2, -0.15) is 0 Å². The van der Waals surface area contributed by atoms with Gasteiger partial charge in [0, 0.05) is 16.6 Å². The molecule has 4 nitrogen and oxygen atoms in total. The highest BCUT2D eigenvalue weighted by Crippen LogP contribution is 2.36. The molecule has 118 valence electrons. The molecule has 2 heterocycles. The van der Waals surface area contributed by atoms with Crippen molar-refractivity contribution in [1.82, 2.24) is 9.97 Å². The molecule has 0 unspecified atom stereocenters. The second-order valence-electron chi connectivity index (χ2n) is 5.59. The Hall–Kier alpha value is -2.92. The predicted octanol–water partition coefficient (Wildman–Crippen LogP) is 5.12. The van der Waals surface area contributed by atoms with Crippen LogP contribution in [-0.4, -0.2) is 15.1 Å². The SMILES string of the molecule is Cc1ccc(-c2cc3ncnc(Nc4cccc(O)c4)c3s2)cc1. The number of anilines is 2. The van der Waals surface area contributed by atoms with E-state index in [-0.39, 0.29) is 5.75 Å². The fourth-order valence-electron chi connectivity index (χ4n) is 2.52. The number of nitrogens with one attached hydrogen (secondary N) is 1. The number of aromatic nitrogens is 2. The van der Waals surface area contributed by atoms with Crippen LogP contribution in [0.1, 0.15) is 5.56 Å². The molecule has 24 heavy (non-hydrogen) atoms. The molecule has 4 rings (SSSR count). The largest absolute Gasteiger partial charge is 0.508 e. The second kappa shape index (κ2) is 5.94. The highest BCUT2D eigenvalue weighted by molar-refractivity contribution is 7.22. The van der Waals surface area contributed by atoms with Crippen LogP contribution in [0.2, 0.25) is 0 Å². The third-order valence-electron chi connectivity index (χ3n) is 3.76. The van der Waals surface area contributed by atoms with Crippen molar-refractivity contribution in [2.45, 2.75) is 6.92 Å². The summed E-state index contributed by atoms with van der Waals surface area (Å²) >= 11 is 1.66. The molecule has 0 amide bonds. The van der Waals surface area contributed by atoms with Gasteiger partial charge in [-0.15, -0.1) is 11.3 Å². The van der Waals surface area contributed by atoms with Crippen LogP contribution in [0, 0.1) is 6.92 Å². The van der Waals surface area contributed by atoms with Gasteiger partial charge in [-0.25, -0.2) is 9.97 Å². The van der Waals surface area contributed by atoms with Crippen molar-refractivity contribution in [3.8, 4) is 16.2 Å². The summed E-state index contributed by atoms with van der Waals surface area (Å²) < 4.78 is 0.997. The first-order valence-corrected chi connectivity index (χ1v) is 8.38. The van der Waals surface area contributed by atoms with Gasteiger partial charge in [-0.3, -0.25) is 0 Å². The molecule has 2 aromatic heterocycles. The molecular formula is C19H15N3OS. The minimum atomic E-state index is 0.219. The summed E-state index contributed by atoms with van der Waals surface area (Å²) in [6.45, 7) is 2.08. The molecule has 0 fully saturated rings. The molecule has 0 spiro atoms. The van der Waals surface area contributed by atoms with Gasteiger partial charge in [0.2, 0.25) is 0 Å². The molecule has 2 N–H and O–H groups in total. The van der Waals surface area contributed by atoms with Crippen LogP contribution in [0.3, 0.4) is 0 Å². The van der Waals surface area contributed by atoms with Gasteiger partial charge < -0.3 is 10.4 Å². The minimum Gasteiger partial charge on any atom is -0.508 e. The zero-order valence-corrected chi connectivity index (χ0v) is 13.8. The summed E-state index contributed by atoms with van der Waals surface area (Å²) in [5, 5.41) is 12.9. The van der Waals surface area contributed by atoms with Gasteiger partial charge in [0.25, 0.3) is 0 Å². The molecule has 0 aliphatic carbocycles. The lowest BCUT2D eigenvalue weighted by molar-refractivity contribution is 0.475. The molecule has 0 aliphatic heterocycles. The summed E-state index contributed by atoms with van der Waals surface area (Å²) in [6.07, 6.45) is 1.55. The lowest BCUT2D eigenvalue weighted by atomic mass is 10.1. The highest BCUT2D eigenvalue weighted by Gasteiger charge is 2.10. The van der Waals surface area contributed by atoms with Gasteiger partial charge in [0.05, 0.1) is 10.2 Å². The first-order chi connectivity index (χ1) is 11.7. The Balaban J connectivity index is 1.76. The van der Waals surface area contributed by atoms with E-state index in [1.54, 1.807) is 35.9 Å². The molecule has 0 bridgehead atoms. The maximum absolute atomic E-state index is 9.61. The molecule has 0 saturated heterocycles. The third-order valence-corrected chi connectivity index (χ3v) is 4.94. The van der Waals surface area contributed by atoms with Crippen molar-refractivity contribution < 1.29 is 5.11 Å². The Kier molecular flexibility index (Phi) is 3.63. The summed E-state index contributed by atoms with van der Waals surface area (Å²) in [5.74, 6) is 0.964. The zero-order valence-electron chi connectivity index (χ0n) is 13.0. The molecule has 0 radical (unpaired) electrons. The molecule has 0 atom stereocenters. The lowest BCUT2D eigenvalue weighted by Gasteiger charge is -2.06. The quantitative estimate of drug-likeness (QED) is 0.546. The highest BCUT2D eigenvalue weighted by atomic mass is 32.1. The summed E-state index contributed by atoms with van der Waals surface area (Å²) in [5.41, 5.74) is 4.12. The molecule has 0 saturated carbocycles. The normalized spacial score (nSPS) is 10.9. The van der Waals surface area contributed by atoms with E-state index in [4.69, 9.17) is 0 Å². The van der Waals surface area contributed by atoms with Crippen LogP contribution >= 0.6 is 11.3 Å². The monoisotopic (exact) mass is 333 g/mol. The van der Waals surface area contributed by atoms with Crippen LogP contribution in [-0.2, 0) is 0 Å². The van der Waals surface area contributed by atoms with Crippen molar-refractivity contribution >= 4 is 33.1 Å². The number of aryl methyl sites for hydroxylation is 1. The molecule has 0 aliphatic rings. The van der Waals surface area contributed by atoms with Crippen molar-refractivity contribution in [3.63, 3.8) is 0 Å². The van der Waals surface area contributed by atoms with E-state index in [9.17, 15) is 5.11 Å². The number of hydrogen-bond acceptors (Lipinski definition) is 5. The molecule has 2 aromatic carbocycles. The van der Waals surface area contributed by atoms with Crippen LogP contribution in [0.15, 0.2) is 60.9 Å². The average molecular weight is 333 g/mol. The van der Waals surface area contributed by atoms with Crippen LogP contribution in [0.25, 0.3) is 20.7 Å². The van der Waals surface area contributed by atoms with Crippen LogP contribution < -0.4 is 5.32 Å². The van der Waals surface area contributed by atoms with Crippen molar-refractivity contribution in [3.05, 3.63) is 66.5 Å². The molecule has 5 heteroatoms. The van der Waals surface area contributed by atoms with Gasteiger partial charge >= 0.3 is 0 Å². The van der Waals surface area contributed by atoms with Crippen molar-refractivity contribution in [2.75, 3.05) is 5.32 Å². The third kappa shape index (κ3) is 2.81. The number of aromatic hydroxyl groups is 1. The van der Waals surface area contributed by atoms with Gasteiger partial charge in [-0.1, -0.05) is 35.9 Å². The van der Waals surface area contributed by atoms with E-state index in [0.29, 0.717) is 0 Å². The number of thiophene rings is 1. The van der Waals surface area contributed by atoms with E-state index < -0.39 is 0 Å². The number of benzene rings is 2. The summed E-state index contributed by atoms with van der Waals surface area (Å²) in [4.78, 5) is 9.89. The number of fused-ring (bicyclic) bond motifs is 1. The summed E-state index contributed by atoms with van der Waals surface area (Å²) in [7, 11) is 0. The van der Waals surface area contributed by atoms with E-state index in [1.165, 1.54) is 11.1 Å². The Morgan fingerprint density at radius 3 is 2.62 bits per heavy atom. The number of nitrogens with zero attached hydrogens (tertiary/aromatic N) is 2. The van der Waals surface area contributed by atoms with E-state index in [2.05, 4.69) is 52.5 Å². The predicted molar refractivity (Wildman–Crippen MR) is 99.0 cm³/mol. The fraction of sp³-hybridized carbons (Fsp3) is 0.0526. The zero-order chi connectivity index (χ0) is 16.5. The Bertz CT molecular complexity index is 1010. The van der Waals surface area contributed by atoms with Crippen LogP contribution in [0.5, 0.6) is 5.75 Å². The van der Waals surface area contributed by atoms with Gasteiger partial charge in [0.1, 0.15) is 12.1 Å². The molecule has 4 aromatic rings. The summed E-state index contributed by atoms with van der Waals surface area (Å²) in [6, 6.07) is 17.5. The van der Waals surface area contributed by atoms with Crippen molar-refractivity contribution in [2.24, 2.45) is 0 Å². The molecular weight excluding hydrogens is 318 g/mol. The average Bonchev–Trinajstić information content (AvgIpc) is 3.01.